The maximum atomic E-state index is 9.88. The molecule has 3 rings (SSSR count). The second-order valence-corrected chi connectivity index (χ2v) is 4.94. The highest BCUT2D eigenvalue weighted by Crippen LogP contribution is 2.34. The summed E-state index contributed by atoms with van der Waals surface area (Å²) in [6.07, 6.45) is 1.09. The van der Waals surface area contributed by atoms with Gasteiger partial charge < -0.3 is 10.0 Å². The van der Waals surface area contributed by atoms with Gasteiger partial charge in [0.15, 0.2) is 0 Å². The van der Waals surface area contributed by atoms with Crippen LogP contribution in [-0.4, -0.2) is 11.1 Å². The Morgan fingerprint density at radius 2 is 1.83 bits per heavy atom. The first-order chi connectivity index (χ1) is 8.75. The van der Waals surface area contributed by atoms with E-state index >= 15 is 0 Å². The zero-order chi connectivity index (χ0) is 12.5. The lowest BCUT2D eigenvalue weighted by atomic mass is 10.1. The minimum absolute atomic E-state index is 0.383. The van der Waals surface area contributed by atoms with Gasteiger partial charge in [-0.25, -0.2) is 0 Å². The molecule has 2 heteroatoms. The average Bonchev–Trinajstić information content (AvgIpc) is 2.69. The maximum absolute atomic E-state index is 9.88. The molecule has 0 radical (unpaired) electrons. The molecule has 2 aromatic rings. The summed E-state index contributed by atoms with van der Waals surface area (Å²) in [6.45, 7) is 3.00. The van der Waals surface area contributed by atoms with Crippen LogP contribution in [-0.2, 0) is 13.0 Å². The number of anilines is 1. The summed E-state index contributed by atoms with van der Waals surface area (Å²) in [5.74, 6) is 0.383. The number of phenolic OH excluding ortho intramolecular Hbond substituents is 1. The topological polar surface area (TPSA) is 23.5 Å². The van der Waals surface area contributed by atoms with Crippen molar-refractivity contribution in [2.45, 2.75) is 25.9 Å². The van der Waals surface area contributed by atoms with Crippen molar-refractivity contribution >= 4 is 5.69 Å². The Labute approximate surface area is 107 Å². The van der Waals surface area contributed by atoms with Crippen LogP contribution in [0.2, 0.25) is 0 Å². The van der Waals surface area contributed by atoms with Gasteiger partial charge in [0.1, 0.15) is 5.75 Å². The second kappa shape index (κ2) is 4.37. The molecule has 1 N–H and O–H groups in total. The fourth-order valence-electron chi connectivity index (χ4n) is 2.70. The summed E-state index contributed by atoms with van der Waals surface area (Å²) in [6, 6.07) is 16.6. The molecular formula is C16H17NO. The van der Waals surface area contributed by atoms with Gasteiger partial charge in [-0.05, 0) is 31.0 Å². The molecule has 18 heavy (non-hydrogen) atoms. The van der Waals surface area contributed by atoms with E-state index in [0.29, 0.717) is 11.8 Å². The molecule has 1 atom stereocenters. The van der Waals surface area contributed by atoms with Crippen LogP contribution in [0.4, 0.5) is 5.69 Å². The van der Waals surface area contributed by atoms with Gasteiger partial charge in [-0.15, -0.1) is 0 Å². The van der Waals surface area contributed by atoms with Gasteiger partial charge in [0, 0.05) is 23.8 Å². The quantitative estimate of drug-likeness (QED) is 0.868. The Kier molecular flexibility index (Phi) is 2.71. The fraction of sp³-hybridized carbons (Fsp3) is 0.250. The van der Waals surface area contributed by atoms with Crippen LogP contribution >= 0.6 is 0 Å². The lowest BCUT2D eigenvalue weighted by Gasteiger charge is -2.25. The Morgan fingerprint density at radius 3 is 2.67 bits per heavy atom. The van der Waals surface area contributed by atoms with E-state index in [-0.39, 0.29) is 0 Å². The van der Waals surface area contributed by atoms with E-state index in [1.165, 1.54) is 11.3 Å². The lowest BCUT2D eigenvalue weighted by Crippen LogP contribution is -2.28. The SMILES string of the molecule is CC1Cc2ccccc2N1Cc1ccccc1O. The van der Waals surface area contributed by atoms with Crippen LogP contribution in [0.25, 0.3) is 0 Å². The van der Waals surface area contributed by atoms with Crippen molar-refractivity contribution < 1.29 is 5.11 Å². The molecule has 2 aromatic carbocycles. The highest BCUT2D eigenvalue weighted by molar-refractivity contribution is 5.59. The highest BCUT2D eigenvalue weighted by Gasteiger charge is 2.25. The number of nitrogens with zero attached hydrogens (tertiary/aromatic N) is 1. The highest BCUT2D eigenvalue weighted by atomic mass is 16.3. The van der Waals surface area contributed by atoms with Crippen LogP contribution in [0.5, 0.6) is 5.75 Å². The predicted molar refractivity (Wildman–Crippen MR) is 73.9 cm³/mol. The largest absolute Gasteiger partial charge is 0.508 e. The molecule has 0 amide bonds. The van der Waals surface area contributed by atoms with E-state index in [0.717, 1.165) is 18.5 Å². The molecule has 0 bridgehead atoms. The summed E-state index contributed by atoms with van der Waals surface area (Å²) in [5.41, 5.74) is 3.69. The minimum Gasteiger partial charge on any atom is -0.508 e. The first-order valence-electron chi connectivity index (χ1n) is 6.37. The van der Waals surface area contributed by atoms with Crippen molar-refractivity contribution in [2.75, 3.05) is 4.90 Å². The van der Waals surface area contributed by atoms with Gasteiger partial charge in [0.05, 0.1) is 0 Å². The predicted octanol–water partition coefficient (Wildman–Crippen LogP) is 3.34. The monoisotopic (exact) mass is 239 g/mol. The standard InChI is InChI=1S/C16H17NO/c1-12-10-13-6-2-4-8-15(13)17(12)11-14-7-3-5-9-16(14)18/h2-9,12,18H,10-11H2,1H3. The van der Waals surface area contributed by atoms with Crippen molar-refractivity contribution in [1.29, 1.82) is 0 Å². The average molecular weight is 239 g/mol. The number of rotatable bonds is 2. The number of hydrogen-bond acceptors (Lipinski definition) is 2. The van der Waals surface area contributed by atoms with Crippen molar-refractivity contribution in [1.82, 2.24) is 0 Å². The Hall–Kier alpha value is -1.96. The molecule has 1 unspecified atom stereocenters. The fourth-order valence-corrected chi connectivity index (χ4v) is 2.70. The van der Waals surface area contributed by atoms with Crippen molar-refractivity contribution in [3.63, 3.8) is 0 Å². The number of phenols is 1. The molecule has 1 aliphatic heterocycles. The zero-order valence-corrected chi connectivity index (χ0v) is 10.5. The molecule has 0 aliphatic carbocycles. The molecule has 0 saturated heterocycles. The summed E-state index contributed by atoms with van der Waals surface area (Å²) in [5, 5.41) is 9.88. The molecule has 0 aromatic heterocycles. The van der Waals surface area contributed by atoms with Crippen LogP contribution in [0.15, 0.2) is 48.5 Å². The van der Waals surface area contributed by atoms with Gasteiger partial charge in [0.25, 0.3) is 0 Å². The molecule has 92 valence electrons. The molecule has 1 heterocycles. The van der Waals surface area contributed by atoms with Crippen molar-refractivity contribution in [3.05, 3.63) is 59.7 Å². The van der Waals surface area contributed by atoms with E-state index in [4.69, 9.17) is 0 Å². The van der Waals surface area contributed by atoms with E-state index < -0.39 is 0 Å². The van der Waals surface area contributed by atoms with Crippen LogP contribution in [0, 0.1) is 0 Å². The normalized spacial score (nSPS) is 17.8. The zero-order valence-electron chi connectivity index (χ0n) is 10.5. The first kappa shape index (κ1) is 11.1. The number of hydrogen-bond donors (Lipinski definition) is 1. The summed E-state index contributed by atoms with van der Waals surface area (Å²) < 4.78 is 0. The summed E-state index contributed by atoms with van der Waals surface area (Å²) in [4.78, 5) is 2.37. The summed E-state index contributed by atoms with van der Waals surface area (Å²) >= 11 is 0. The summed E-state index contributed by atoms with van der Waals surface area (Å²) in [7, 11) is 0. The van der Waals surface area contributed by atoms with Crippen molar-refractivity contribution in [2.24, 2.45) is 0 Å². The van der Waals surface area contributed by atoms with E-state index in [2.05, 4.69) is 36.1 Å². The van der Waals surface area contributed by atoms with E-state index in [9.17, 15) is 5.11 Å². The van der Waals surface area contributed by atoms with Crippen LogP contribution in [0.1, 0.15) is 18.1 Å². The van der Waals surface area contributed by atoms with E-state index in [1.54, 1.807) is 6.07 Å². The lowest BCUT2D eigenvalue weighted by molar-refractivity contribution is 0.466. The number of fused-ring (bicyclic) bond motifs is 1. The van der Waals surface area contributed by atoms with Gasteiger partial charge in [-0.2, -0.15) is 0 Å². The number of benzene rings is 2. The maximum Gasteiger partial charge on any atom is 0.120 e. The van der Waals surface area contributed by atoms with Crippen LogP contribution < -0.4 is 4.90 Å². The first-order valence-corrected chi connectivity index (χ1v) is 6.37. The third-order valence-electron chi connectivity index (χ3n) is 3.68. The molecular weight excluding hydrogens is 222 g/mol. The van der Waals surface area contributed by atoms with Crippen molar-refractivity contribution in [3.8, 4) is 5.75 Å². The molecule has 0 spiro atoms. The van der Waals surface area contributed by atoms with Gasteiger partial charge >= 0.3 is 0 Å². The minimum atomic E-state index is 0.383. The molecule has 0 fully saturated rings. The Morgan fingerprint density at radius 1 is 1.11 bits per heavy atom. The Bertz CT molecular complexity index is 565. The third-order valence-corrected chi connectivity index (χ3v) is 3.68. The van der Waals surface area contributed by atoms with E-state index in [1.807, 2.05) is 18.2 Å². The van der Waals surface area contributed by atoms with Gasteiger partial charge in [-0.1, -0.05) is 36.4 Å². The van der Waals surface area contributed by atoms with Gasteiger partial charge in [0.2, 0.25) is 0 Å². The number of aromatic hydroxyl groups is 1. The van der Waals surface area contributed by atoms with Gasteiger partial charge in [-0.3, -0.25) is 0 Å². The van der Waals surface area contributed by atoms with Crippen LogP contribution in [0.3, 0.4) is 0 Å². The third kappa shape index (κ3) is 1.84. The number of para-hydroxylation sites is 2. The molecule has 0 saturated carbocycles. The second-order valence-electron chi connectivity index (χ2n) is 4.94. The molecule has 1 aliphatic rings. The Balaban J connectivity index is 1.92. The smallest absolute Gasteiger partial charge is 0.120 e. The molecule has 2 nitrogen and oxygen atoms in total.